The van der Waals surface area contributed by atoms with Crippen LogP contribution in [0.2, 0.25) is 0 Å². The van der Waals surface area contributed by atoms with Gasteiger partial charge in [-0.3, -0.25) is 9.10 Å². The minimum Gasteiger partial charge on any atom is -0.361 e. The second-order valence-corrected chi connectivity index (χ2v) is 7.45. The van der Waals surface area contributed by atoms with Crippen LogP contribution in [-0.4, -0.2) is 32.3 Å². The molecule has 1 amide bonds. The van der Waals surface area contributed by atoms with Crippen molar-refractivity contribution in [3.8, 4) is 0 Å². The Kier molecular flexibility index (Phi) is 3.85. The first-order valence-corrected chi connectivity index (χ1v) is 9.01. The summed E-state index contributed by atoms with van der Waals surface area (Å²) in [5.41, 5.74) is 2.66. The first-order valence-electron chi connectivity index (χ1n) is 7.16. The Balaban J connectivity index is 1.80. The largest absolute Gasteiger partial charge is 0.361 e. The second kappa shape index (κ2) is 5.69. The maximum absolute atomic E-state index is 12.1. The molecule has 0 unspecified atom stereocenters. The van der Waals surface area contributed by atoms with Crippen molar-refractivity contribution in [2.75, 3.05) is 22.4 Å². The van der Waals surface area contributed by atoms with Gasteiger partial charge in [-0.15, -0.1) is 0 Å². The number of amides is 1. The van der Waals surface area contributed by atoms with E-state index in [9.17, 15) is 13.2 Å². The van der Waals surface area contributed by atoms with Crippen molar-refractivity contribution in [3.63, 3.8) is 0 Å². The summed E-state index contributed by atoms with van der Waals surface area (Å²) in [6, 6.07) is 6.97. The van der Waals surface area contributed by atoms with Gasteiger partial charge in [-0.2, -0.15) is 0 Å². The third-order valence-corrected chi connectivity index (χ3v) is 4.86. The van der Waals surface area contributed by atoms with E-state index in [1.165, 1.54) is 10.6 Å². The summed E-state index contributed by atoms with van der Waals surface area (Å²) in [5.74, 6) is 0.432. The molecular formula is C15H17N3O4S. The molecule has 1 aliphatic rings. The van der Waals surface area contributed by atoms with E-state index >= 15 is 0 Å². The number of benzene rings is 1. The lowest BCUT2D eigenvalue weighted by Gasteiger charge is -2.17. The number of rotatable bonds is 4. The van der Waals surface area contributed by atoms with Crippen LogP contribution in [0.1, 0.15) is 17.0 Å². The minimum atomic E-state index is -3.31. The molecule has 0 spiro atoms. The van der Waals surface area contributed by atoms with E-state index in [1.807, 2.05) is 0 Å². The van der Waals surface area contributed by atoms with E-state index in [4.69, 9.17) is 4.52 Å². The molecule has 1 aromatic carbocycles. The van der Waals surface area contributed by atoms with Crippen LogP contribution in [0.5, 0.6) is 0 Å². The molecule has 0 fully saturated rings. The summed E-state index contributed by atoms with van der Waals surface area (Å²) in [6.45, 7) is 2.15. The fourth-order valence-electron chi connectivity index (χ4n) is 2.73. The van der Waals surface area contributed by atoms with Crippen molar-refractivity contribution in [3.05, 3.63) is 41.3 Å². The van der Waals surface area contributed by atoms with Gasteiger partial charge in [0.1, 0.15) is 5.76 Å². The molecule has 0 aliphatic carbocycles. The van der Waals surface area contributed by atoms with Crippen LogP contribution in [0.15, 0.2) is 28.8 Å². The summed E-state index contributed by atoms with van der Waals surface area (Å²) in [6.07, 6.45) is 1.86. The van der Waals surface area contributed by atoms with E-state index in [2.05, 4.69) is 10.5 Å². The number of sulfonamides is 1. The fraction of sp³-hybridized carbons (Fsp3) is 0.333. The molecule has 1 aliphatic heterocycles. The quantitative estimate of drug-likeness (QED) is 0.914. The number of nitrogens with one attached hydrogen (secondary N) is 1. The highest BCUT2D eigenvalue weighted by Gasteiger charge is 2.28. The highest BCUT2D eigenvalue weighted by Crippen LogP contribution is 2.35. The fourth-order valence-corrected chi connectivity index (χ4v) is 3.68. The summed E-state index contributed by atoms with van der Waals surface area (Å²) >= 11 is 0. The molecule has 8 heteroatoms. The number of anilines is 2. The van der Waals surface area contributed by atoms with Gasteiger partial charge in [-0.1, -0.05) is 11.2 Å². The van der Waals surface area contributed by atoms with E-state index < -0.39 is 10.0 Å². The SMILES string of the molecule is Cc1cc(CC(=O)Nc2cccc3c2CCN3S(C)(=O)=O)no1. The molecule has 1 N–H and O–H groups in total. The van der Waals surface area contributed by atoms with E-state index in [0.717, 1.165) is 5.56 Å². The number of carbonyl (C=O) groups excluding carboxylic acids is 1. The summed E-state index contributed by atoms with van der Waals surface area (Å²) in [5, 5.41) is 6.62. The van der Waals surface area contributed by atoms with Crippen LogP contribution in [0.4, 0.5) is 11.4 Å². The Morgan fingerprint density at radius 3 is 2.87 bits per heavy atom. The predicted octanol–water partition coefficient (Wildman–Crippen LogP) is 1.49. The highest BCUT2D eigenvalue weighted by atomic mass is 32.2. The monoisotopic (exact) mass is 335 g/mol. The lowest BCUT2D eigenvalue weighted by atomic mass is 10.1. The predicted molar refractivity (Wildman–Crippen MR) is 85.9 cm³/mol. The van der Waals surface area contributed by atoms with Crippen LogP contribution < -0.4 is 9.62 Å². The van der Waals surface area contributed by atoms with Crippen LogP contribution >= 0.6 is 0 Å². The molecule has 7 nitrogen and oxygen atoms in total. The first-order chi connectivity index (χ1) is 10.8. The third-order valence-electron chi connectivity index (χ3n) is 3.68. The molecule has 1 aromatic heterocycles. The second-order valence-electron chi connectivity index (χ2n) is 5.54. The third kappa shape index (κ3) is 3.21. The van der Waals surface area contributed by atoms with Crippen LogP contribution in [-0.2, 0) is 27.7 Å². The average molecular weight is 335 g/mol. The van der Waals surface area contributed by atoms with Gasteiger partial charge in [-0.25, -0.2) is 8.42 Å². The van der Waals surface area contributed by atoms with Crippen LogP contribution in [0.3, 0.4) is 0 Å². The minimum absolute atomic E-state index is 0.108. The maximum Gasteiger partial charge on any atom is 0.232 e. The number of aromatic nitrogens is 1. The van der Waals surface area contributed by atoms with Gasteiger partial charge in [0.25, 0.3) is 0 Å². The van der Waals surface area contributed by atoms with Gasteiger partial charge < -0.3 is 9.84 Å². The van der Waals surface area contributed by atoms with Gasteiger partial charge in [0.05, 0.1) is 24.1 Å². The molecule has 0 saturated heterocycles. The Labute approximate surface area is 134 Å². The molecule has 2 aromatic rings. The molecule has 0 atom stereocenters. The average Bonchev–Trinajstić information content (AvgIpc) is 3.05. The van der Waals surface area contributed by atoms with E-state index in [1.54, 1.807) is 31.2 Å². The zero-order chi connectivity index (χ0) is 16.6. The summed E-state index contributed by atoms with van der Waals surface area (Å²) < 4.78 is 29.9. The van der Waals surface area contributed by atoms with Gasteiger partial charge >= 0.3 is 0 Å². The van der Waals surface area contributed by atoms with Crippen molar-refractivity contribution >= 4 is 27.3 Å². The Hall–Kier alpha value is -2.35. The molecule has 3 rings (SSSR count). The number of fused-ring (bicyclic) bond motifs is 1. The lowest BCUT2D eigenvalue weighted by Crippen LogP contribution is -2.27. The molecule has 0 saturated carbocycles. The van der Waals surface area contributed by atoms with Gasteiger partial charge in [-0.05, 0) is 25.5 Å². The zero-order valence-electron chi connectivity index (χ0n) is 12.9. The molecule has 23 heavy (non-hydrogen) atoms. The number of aryl methyl sites for hydroxylation is 1. The smallest absolute Gasteiger partial charge is 0.232 e. The molecular weight excluding hydrogens is 318 g/mol. The number of nitrogens with zero attached hydrogens (tertiary/aromatic N) is 2. The maximum atomic E-state index is 12.1. The van der Waals surface area contributed by atoms with Crippen LogP contribution in [0, 0.1) is 6.92 Å². The standard InChI is InChI=1S/C15H17N3O4S/c1-10-8-11(17-22-10)9-15(19)16-13-4-3-5-14-12(13)6-7-18(14)23(2,20)21/h3-5,8H,6-7,9H2,1-2H3,(H,16,19). The van der Waals surface area contributed by atoms with Crippen molar-refractivity contribution in [1.82, 2.24) is 5.16 Å². The van der Waals surface area contributed by atoms with Gasteiger partial charge in [0.2, 0.25) is 15.9 Å². The Morgan fingerprint density at radius 2 is 2.22 bits per heavy atom. The molecule has 0 radical (unpaired) electrons. The van der Waals surface area contributed by atoms with Crippen molar-refractivity contribution in [2.45, 2.75) is 19.8 Å². The Morgan fingerprint density at radius 1 is 1.43 bits per heavy atom. The summed E-state index contributed by atoms with van der Waals surface area (Å²) in [4.78, 5) is 12.1. The van der Waals surface area contributed by atoms with Gasteiger partial charge in [0, 0.05) is 23.9 Å². The number of carbonyl (C=O) groups is 1. The molecule has 0 bridgehead atoms. The molecule has 122 valence electrons. The zero-order valence-corrected chi connectivity index (χ0v) is 13.7. The van der Waals surface area contributed by atoms with Crippen molar-refractivity contribution in [1.29, 1.82) is 0 Å². The van der Waals surface area contributed by atoms with Crippen molar-refractivity contribution in [2.24, 2.45) is 0 Å². The van der Waals surface area contributed by atoms with Crippen molar-refractivity contribution < 1.29 is 17.7 Å². The normalized spacial score (nSPS) is 13.9. The first kappa shape index (κ1) is 15.5. The summed E-state index contributed by atoms with van der Waals surface area (Å²) in [7, 11) is -3.31. The van der Waals surface area contributed by atoms with E-state index in [0.29, 0.717) is 35.8 Å². The van der Waals surface area contributed by atoms with Gasteiger partial charge in [0.15, 0.2) is 0 Å². The number of hydrogen-bond donors (Lipinski definition) is 1. The lowest BCUT2D eigenvalue weighted by molar-refractivity contribution is -0.115. The number of hydrogen-bond acceptors (Lipinski definition) is 5. The topological polar surface area (TPSA) is 92.5 Å². The Bertz CT molecular complexity index is 857. The van der Waals surface area contributed by atoms with Crippen LogP contribution in [0.25, 0.3) is 0 Å². The van der Waals surface area contributed by atoms with E-state index in [-0.39, 0.29) is 12.3 Å². The molecule has 2 heterocycles. The highest BCUT2D eigenvalue weighted by molar-refractivity contribution is 7.92.